The second kappa shape index (κ2) is 4.76. The van der Waals surface area contributed by atoms with Crippen molar-refractivity contribution >= 4 is 17.2 Å². The number of aromatic nitrogens is 1. The van der Waals surface area contributed by atoms with Crippen LogP contribution in [0.4, 0.5) is 0 Å². The molecule has 1 atom stereocenters. The summed E-state index contributed by atoms with van der Waals surface area (Å²) in [6, 6.07) is 4.32. The number of fused-ring (bicyclic) bond motifs is 1. The summed E-state index contributed by atoms with van der Waals surface area (Å²) in [5.41, 5.74) is 0.884. The monoisotopic (exact) mass is 260 g/mol. The van der Waals surface area contributed by atoms with E-state index in [1.54, 1.807) is 42.9 Å². The molecular formula is C14H16N2O3. The summed E-state index contributed by atoms with van der Waals surface area (Å²) in [5.74, 6) is -0.316. The quantitative estimate of drug-likeness (QED) is 0.854. The van der Waals surface area contributed by atoms with Gasteiger partial charge in [0.15, 0.2) is 5.78 Å². The van der Waals surface area contributed by atoms with Crippen molar-refractivity contribution in [2.45, 2.75) is 19.9 Å². The molecule has 1 unspecified atom stereocenters. The largest absolute Gasteiger partial charge is 0.506 e. The first-order chi connectivity index (χ1) is 8.93. The number of hydrogen-bond acceptors (Lipinski definition) is 3. The second-order valence-corrected chi connectivity index (χ2v) is 4.55. The topological polar surface area (TPSA) is 62.0 Å². The maximum atomic E-state index is 12.4. The van der Waals surface area contributed by atoms with Crippen molar-refractivity contribution in [1.82, 2.24) is 9.30 Å². The first-order valence-electron chi connectivity index (χ1n) is 5.99. The molecule has 0 aliphatic heterocycles. The van der Waals surface area contributed by atoms with Gasteiger partial charge in [0.2, 0.25) is 5.91 Å². The summed E-state index contributed by atoms with van der Waals surface area (Å²) >= 11 is 0. The highest BCUT2D eigenvalue weighted by atomic mass is 16.3. The molecule has 0 bridgehead atoms. The van der Waals surface area contributed by atoms with E-state index >= 15 is 0 Å². The highest BCUT2D eigenvalue weighted by Gasteiger charge is 2.24. The molecule has 0 aliphatic rings. The van der Waals surface area contributed by atoms with E-state index in [0.717, 1.165) is 0 Å². The maximum absolute atomic E-state index is 12.4. The van der Waals surface area contributed by atoms with E-state index in [4.69, 9.17) is 0 Å². The number of Topliss-reactive ketones (excluding diaryl/α,β-unsaturated/α-hetero) is 1. The second-order valence-electron chi connectivity index (χ2n) is 4.55. The molecule has 0 saturated carbocycles. The molecule has 1 N–H and O–H groups in total. The van der Waals surface area contributed by atoms with Crippen LogP contribution in [0.5, 0.6) is 5.75 Å². The summed E-state index contributed by atoms with van der Waals surface area (Å²) in [7, 11) is 1.59. The van der Waals surface area contributed by atoms with Crippen molar-refractivity contribution in [1.29, 1.82) is 0 Å². The number of pyridine rings is 1. The Morgan fingerprint density at radius 2 is 2.00 bits per heavy atom. The fourth-order valence-corrected chi connectivity index (χ4v) is 2.02. The molecule has 0 saturated heterocycles. The number of carbonyl (C=O) groups is 2. The molecule has 2 aromatic rings. The highest BCUT2D eigenvalue weighted by Crippen LogP contribution is 2.24. The van der Waals surface area contributed by atoms with E-state index in [9.17, 15) is 14.7 Å². The zero-order chi connectivity index (χ0) is 14.2. The van der Waals surface area contributed by atoms with E-state index in [0.29, 0.717) is 11.1 Å². The minimum atomic E-state index is -0.566. The SMILES string of the molecule is CC(=O)N(C)C(C)C(=O)c1ccn2cccc(O)c12. The number of aromatic hydroxyl groups is 1. The van der Waals surface area contributed by atoms with Crippen LogP contribution in [0, 0.1) is 0 Å². The molecule has 0 aliphatic carbocycles. The first kappa shape index (κ1) is 13.1. The van der Waals surface area contributed by atoms with Gasteiger partial charge in [0, 0.05) is 31.9 Å². The fraction of sp³-hybridized carbons (Fsp3) is 0.286. The Morgan fingerprint density at radius 1 is 1.32 bits per heavy atom. The van der Waals surface area contributed by atoms with Crippen LogP contribution in [-0.2, 0) is 4.79 Å². The minimum absolute atomic E-state index is 0.0496. The van der Waals surface area contributed by atoms with Gasteiger partial charge >= 0.3 is 0 Å². The molecule has 0 fully saturated rings. The molecule has 2 rings (SSSR count). The fourth-order valence-electron chi connectivity index (χ4n) is 2.02. The summed E-state index contributed by atoms with van der Waals surface area (Å²) in [6.45, 7) is 3.09. The lowest BCUT2D eigenvalue weighted by molar-refractivity contribution is -0.128. The van der Waals surface area contributed by atoms with Crippen molar-refractivity contribution in [3.8, 4) is 5.75 Å². The minimum Gasteiger partial charge on any atom is -0.506 e. The molecule has 0 spiro atoms. The lowest BCUT2D eigenvalue weighted by Crippen LogP contribution is -2.39. The molecule has 19 heavy (non-hydrogen) atoms. The molecule has 0 radical (unpaired) electrons. The zero-order valence-corrected chi connectivity index (χ0v) is 11.1. The van der Waals surface area contributed by atoms with Crippen LogP contribution in [0.15, 0.2) is 30.6 Å². The molecule has 100 valence electrons. The van der Waals surface area contributed by atoms with Crippen LogP contribution in [0.2, 0.25) is 0 Å². The Kier molecular flexibility index (Phi) is 3.29. The highest BCUT2D eigenvalue weighted by molar-refractivity contribution is 6.07. The summed E-state index contributed by atoms with van der Waals surface area (Å²) in [5, 5.41) is 9.87. The third-order valence-electron chi connectivity index (χ3n) is 3.38. The van der Waals surface area contributed by atoms with Crippen LogP contribution < -0.4 is 0 Å². The van der Waals surface area contributed by atoms with Gasteiger partial charge in [-0.05, 0) is 25.1 Å². The number of carbonyl (C=O) groups excluding carboxylic acids is 2. The van der Waals surface area contributed by atoms with Crippen LogP contribution >= 0.6 is 0 Å². The molecular weight excluding hydrogens is 244 g/mol. The van der Waals surface area contributed by atoms with Gasteiger partial charge in [0.05, 0.1) is 11.6 Å². The molecule has 2 aromatic heterocycles. The van der Waals surface area contributed by atoms with Gasteiger partial charge in [-0.25, -0.2) is 0 Å². The van der Waals surface area contributed by atoms with Gasteiger partial charge in [0.1, 0.15) is 5.75 Å². The van der Waals surface area contributed by atoms with Gasteiger partial charge in [-0.3, -0.25) is 9.59 Å². The van der Waals surface area contributed by atoms with Crippen LogP contribution in [0.25, 0.3) is 5.52 Å². The van der Waals surface area contributed by atoms with E-state index in [1.807, 2.05) is 0 Å². The van der Waals surface area contributed by atoms with Gasteiger partial charge in [-0.2, -0.15) is 0 Å². The molecule has 1 amide bonds. The summed E-state index contributed by atoms with van der Waals surface area (Å²) < 4.78 is 1.68. The third kappa shape index (κ3) is 2.19. The third-order valence-corrected chi connectivity index (χ3v) is 3.38. The van der Waals surface area contributed by atoms with E-state index in [2.05, 4.69) is 0 Å². The smallest absolute Gasteiger partial charge is 0.219 e. The maximum Gasteiger partial charge on any atom is 0.219 e. The number of rotatable bonds is 3. The Bertz CT molecular complexity index is 645. The predicted octanol–water partition coefficient (Wildman–Crippen LogP) is 1.69. The molecule has 0 aromatic carbocycles. The number of ketones is 1. The van der Waals surface area contributed by atoms with Crippen molar-refractivity contribution < 1.29 is 14.7 Å². The molecule has 5 nitrogen and oxygen atoms in total. The Morgan fingerprint density at radius 3 is 2.63 bits per heavy atom. The van der Waals surface area contributed by atoms with E-state index in [-0.39, 0.29) is 17.4 Å². The van der Waals surface area contributed by atoms with Gasteiger partial charge < -0.3 is 14.4 Å². The van der Waals surface area contributed by atoms with Gasteiger partial charge in [-0.15, -0.1) is 0 Å². The number of likely N-dealkylation sites (N-methyl/N-ethyl adjacent to an activating group) is 1. The Balaban J connectivity index is 2.45. The predicted molar refractivity (Wildman–Crippen MR) is 71.3 cm³/mol. The summed E-state index contributed by atoms with van der Waals surface area (Å²) in [4.78, 5) is 25.1. The van der Waals surface area contributed by atoms with Crippen LogP contribution in [0.3, 0.4) is 0 Å². The average Bonchev–Trinajstić information content (AvgIpc) is 2.81. The zero-order valence-electron chi connectivity index (χ0n) is 11.1. The van der Waals surface area contributed by atoms with Crippen LogP contribution in [-0.4, -0.2) is 39.2 Å². The van der Waals surface area contributed by atoms with Gasteiger partial charge in [0.25, 0.3) is 0 Å². The standard InChI is InChI=1S/C14H16N2O3/c1-9(15(3)10(2)17)14(19)11-6-8-16-7-4-5-12(18)13(11)16/h4-9,18H,1-3H3. The normalized spacial score (nSPS) is 12.4. The Hall–Kier alpha value is -2.30. The summed E-state index contributed by atoms with van der Waals surface area (Å²) in [6.07, 6.45) is 3.47. The van der Waals surface area contributed by atoms with Crippen molar-refractivity contribution in [3.63, 3.8) is 0 Å². The average molecular weight is 260 g/mol. The van der Waals surface area contributed by atoms with Crippen molar-refractivity contribution in [3.05, 3.63) is 36.2 Å². The van der Waals surface area contributed by atoms with Gasteiger partial charge in [-0.1, -0.05) is 0 Å². The Labute approximate surface area is 111 Å². The van der Waals surface area contributed by atoms with Crippen LogP contribution in [0.1, 0.15) is 24.2 Å². The van der Waals surface area contributed by atoms with E-state index < -0.39 is 6.04 Å². The lowest BCUT2D eigenvalue weighted by atomic mass is 10.1. The van der Waals surface area contributed by atoms with Crippen molar-refractivity contribution in [2.24, 2.45) is 0 Å². The van der Waals surface area contributed by atoms with E-state index in [1.165, 1.54) is 17.9 Å². The first-order valence-corrected chi connectivity index (χ1v) is 5.99. The number of nitrogens with zero attached hydrogens (tertiary/aromatic N) is 2. The molecule has 5 heteroatoms. The van der Waals surface area contributed by atoms with Crippen molar-refractivity contribution in [2.75, 3.05) is 7.05 Å². The number of amides is 1. The lowest BCUT2D eigenvalue weighted by Gasteiger charge is -2.22. The number of hydrogen-bond donors (Lipinski definition) is 1. The molecule has 2 heterocycles.